The molecule has 62 valence electrons. The van der Waals surface area contributed by atoms with Gasteiger partial charge in [0.05, 0.1) is 6.61 Å². The predicted octanol–water partition coefficient (Wildman–Crippen LogP) is 1.64. The maximum Gasteiger partial charge on any atom is 0.305 e. The van der Waals surface area contributed by atoms with Gasteiger partial charge in [0.15, 0.2) is 0 Å². The minimum absolute atomic E-state index is 0.155. The first-order chi connectivity index (χ1) is 5.31. The first-order valence-corrected chi connectivity index (χ1v) is 3.80. The van der Waals surface area contributed by atoms with E-state index in [2.05, 4.69) is 4.85 Å². The van der Waals surface area contributed by atoms with Gasteiger partial charge >= 0.3 is 5.97 Å². The molecule has 0 radical (unpaired) electrons. The summed E-state index contributed by atoms with van der Waals surface area (Å²) in [4.78, 5) is 13.9. The van der Waals surface area contributed by atoms with Gasteiger partial charge in [0, 0.05) is 12.8 Å². The largest absolute Gasteiger partial charge is 0.466 e. The summed E-state index contributed by atoms with van der Waals surface area (Å²) in [7, 11) is 0. The van der Waals surface area contributed by atoms with Crippen molar-refractivity contribution < 1.29 is 9.53 Å². The van der Waals surface area contributed by atoms with Crippen LogP contribution in [0.3, 0.4) is 0 Å². The van der Waals surface area contributed by atoms with Crippen molar-refractivity contribution in [2.45, 2.75) is 26.2 Å². The molecule has 0 N–H and O–H groups in total. The SMILES string of the molecule is [C-]#[N+]CCCCC(=O)OCC. The number of nitrogens with zero attached hydrogens (tertiary/aromatic N) is 1. The molecule has 0 bridgehead atoms. The molecule has 0 fully saturated rings. The van der Waals surface area contributed by atoms with Gasteiger partial charge in [-0.25, -0.2) is 6.57 Å². The van der Waals surface area contributed by atoms with E-state index in [9.17, 15) is 4.79 Å². The van der Waals surface area contributed by atoms with E-state index in [-0.39, 0.29) is 5.97 Å². The fraction of sp³-hybridized carbons (Fsp3) is 0.750. The van der Waals surface area contributed by atoms with Gasteiger partial charge in [-0.2, -0.15) is 0 Å². The number of hydrogen-bond donors (Lipinski definition) is 0. The molecule has 0 aliphatic rings. The van der Waals surface area contributed by atoms with Crippen LogP contribution in [0.15, 0.2) is 0 Å². The molecule has 0 heterocycles. The van der Waals surface area contributed by atoms with E-state index in [0.29, 0.717) is 19.6 Å². The highest BCUT2D eigenvalue weighted by atomic mass is 16.5. The van der Waals surface area contributed by atoms with Crippen molar-refractivity contribution in [2.24, 2.45) is 0 Å². The van der Waals surface area contributed by atoms with Crippen molar-refractivity contribution in [3.05, 3.63) is 11.4 Å². The first kappa shape index (κ1) is 9.96. The summed E-state index contributed by atoms with van der Waals surface area (Å²) in [6.07, 6.45) is 2.01. The third kappa shape index (κ3) is 6.85. The van der Waals surface area contributed by atoms with Crippen molar-refractivity contribution in [3.63, 3.8) is 0 Å². The van der Waals surface area contributed by atoms with E-state index in [1.807, 2.05) is 0 Å². The Morgan fingerprint density at radius 2 is 2.27 bits per heavy atom. The number of ether oxygens (including phenoxy) is 1. The Kier molecular flexibility index (Phi) is 6.40. The lowest BCUT2D eigenvalue weighted by Crippen LogP contribution is -2.03. The second kappa shape index (κ2) is 7.07. The number of hydrogen-bond acceptors (Lipinski definition) is 2. The van der Waals surface area contributed by atoms with E-state index in [1.165, 1.54) is 0 Å². The molecule has 0 rings (SSSR count). The summed E-state index contributed by atoms with van der Waals surface area (Å²) in [6, 6.07) is 0. The molecule has 0 aliphatic heterocycles. The molecule has 0 aliphatic carbocycles. The van der Waals surface area contributed by atoms with E-state index < -0.39 is 0 Å². The molecule has 0 aromatic rings. The van der Waals surface area contributed by atoms with Crippen molar-refractivity contribution in [1.29, 1.82) is 0 Å². The zero-order valence-electron chi connectivity index (χ0n) is 6.80. The van der Waals surface area contributed by atoms with Gasteiger partial charge in [0.2, 0.25) is 6.54 Å². The fourth-order valence-corrected chi connectivity index (χ4v) is 0.693. The predicted molar refractivity (Wildman–Crippen MR) is 42.0 cm³/mol. The van der Waals surface area contributed by atoms with E-state index >= 15 is 0 Å². The second-order valence-electron chi connectivity index (χ2n) is 2.14. The van der Waals surface area contributed by atoms with Crippen LogP contribution in [0.2, 0.25) is 0 Å². The van der Waals surface area contributed by atoms with Crippen LogP contribution in [0.1, 0.15) is 26.2 Å². The standard InChI is InChI=1S/C8H13NO2/c1-3-11-8(10)6-4-5-7-9-2/h3-7H2,1H3. The molecule has 0 spiro atoms. The minimum Gasteiger partial charge on any atom is -0.466 e. The van der Waals surface area contributed by atoms with Gasteiger partial charge in [0.1, 0.15) is 0 Å². The van der Waals surface area contributed by atoms with Gasteiger partial charge in [-0.3, -0.25) is 4.79 Å². The van der Waals surface area contributed by atoms with Gasteiger partial charge in [-0.05, 0) is 13.3 Å². The molecule has 0 amide bonds. The van der Waals surface area contributed by atoms with Crippen LogP contribution in [0, 0.1) is 6.57 Å². The summed E-state index contributed by atoms with van der Waals surface area (Å²) in [5.41, 5.74) is 0. The molecule has 0 aromatic heterocycles. The van der Waals surface area contributed by atoms with Crippen LogP contribution >= 0.6 is 0 Å². The molecule has 0 unspecified atom stereocenters. The minimum atomic E-state index is -0.155. The highest BCUT2D eigenvalue weighted by Gasteiger charge is 2.00. The summed E-state index contributed by atoms with van der Waals surface area (Å²) in [5, 5.41) is 0. The highest BCUT2D eigenvalue weighted by molar-refractivity contribution is 5.69. The molecule has 3 nitrogen and oxygen atoms in total. The number of carbonyl (C=O) groups is 1. The van der Waals surface area contributed by atoms with E-state index in [1.54, 1.807) is 6.92 Å². The first-order valence-electron chi connectivity index (χ1n) is 3.80. The summed E-state index contributed by atoms with van der Waals surface area (Å²) in [6.45, 7) is 9.23. The maximum absolute atomic E-state index is 10.7. The average Bonchev–Trinajstić information content (AvgIpc) is 1.99. The van der Waals surface area contributed by atoms with Gasteiger partial charge in [-0.1, -0.05) is 0 Å². The molecule has 0 saturated carbocycles. The number of carbonyl (C=O) groups excluding carboxylic acids is 1. The Balaban J connectivity index is 3.12. The van der Waals surface area contributed by atoms with Crippen LogP contribution in [0.25, 0.3) is 4.85 Å². The van der Waals surface area contributed by atoms with Crippen molar-refractivity contribution in [2.75, 3.05) is 13.2 Å². The molecule has 3 heteroatoms. The monoisotopic (exact) mass is 155 g/mol. The average molecular weight is 155 g/mol. The van der Waals surface area contributed by atoms with Crippen LogP contribution in [-0.2, 0) is 9.53 Å². The molecular formula is C8H13NO2. The molecule has 11 heavy (non-hydrogen) atoms. The zero-order valence-corrected chi connectivity index (χ0v) is 6.80. The Morgan fingerprint density at radius 3 is 2.82 bits per heavy atom. The van der Waals surface area contributed by atoms with Crippen LogP contribution in [0.5, 0.6) is 0 Å². The third-order valence-corrected chi connectivity index (χ3v) is 1.21. The maximum atomic E-state index is 10.7. The van der Waals surface area contributed by atoms with Gasteiger partial charge in [-0.15, -0.1) is 0 Å². The quantitative estimate of drug-likeness (QED) is 0.343. The topological polar surface area (TPSA) is 30.7 Å². The number of esters is 1. The summed E-state index contributed by atoms with van der Waals surface area (Å²) in [5.74, 6) is -0.155. The van der Waals surface area contributed by atoms with Crippen molar-refractivity contribution >= 4 is 5.97 Å². The molecule has 0 saturated heterocycles. The van der Waals surface area contributed by atoms with Crippen molar-refractivity contribution in [1.82, 2.24) is 0 Å². The smallest absolute Gasteiger partial charge is 0.305 e. The Labute approximate surface area is 67.2 Å². The second-order valence-corrected chi connectivity index (χ2v) is 2.14. The van der Waals surface area contributed by atoms with Crippen LogP contribution in [0.4, 0.5) is 0 Å². The Hall–Kier alpha value is -1.04. The zero-order chi connectivity index (χ0) is 8.53. The normalized spacial score (nSPS) is 8.73. The van der Waals surface area contributed by atoms with E-state index in [0.717, 1.165) is 12.8 Å². The lowest BCUT2D eigenvalue weighted by molar-refractivity contribution is -0.143. The number of unbranched alkanes of at least 4 members (excludes halogenated alkanes) is 1. The van der Waals surface area contributed by atoms with Crippen molar-refractivity contribution in [3.8, 4) is 0 Å². The Morgan fingerprint density at radius 1 is 1.55 bits per heavy atom. The third-order valence-electron chi connectivity index (χ3n) is 1.21. The summed E-state index contributed by atoms with van der Waals surface area (Å²) >= 11 is 0. The van der Waals surface area contributed by atoms with E-state index in [4.69, 9.17) is 11.3 Å². The van der Waals surface area contributed by atoms with Crippen LogP contribution in [-0.4, -0.2) is 19.1 Å². The lowest BCUT2D eigenvalue weighted by atomic mass is 10.2. The number of rotatable bonds is 5. The lowest BCUT2D eigenvalue weighted by Gasteiger charge is -1.98. The van der Waals surface area contributed by atoms with Gasteiger partial charge < -0.3 is 9.58 Å². The summed E-state index contributed by atoms with van der Waals surface area (Å²) < 4.78 is 4.71. The highest BCUT2D eigenvalue weighted by Crippen LogP contribution is 1.97. The molecule has 0 atom stereocenters. The van der Waals surface area contributed by atoms with Gasteiger partial charge in [0.25, 0.3) is 0 Å². The molecule has 0 aromatic carbocycles. The van der Waals surface area contributed by atoms with Crippen LogP contribution < -0.4 is 0 Å². The molecular weight excluding hydrogens is 142 g/mol. The Bertz CT molecular complexity index is 149. The fourth-order valence-electron chi connectivity index (χ4n) is 0.693.